The molecule has 0 radical (unpaired) electrons. The standard InChI is InChI=1S/C27H25NO3S/c1-19-8-4-5-9-22(19)27-23-12-10-20(29)16-25(23)31-26-17-21(11-13-24(26)27)30-15-7-3-2-6-14-28-18-32/h4-5,8-13,16-17H,2-3,6-7,14-15H2,1H3. The summed E-state index contributed by atoms with van der Waals surface area (Å²) in [6, 6.07) is 19.2. The van der Waals surface area contributed by atoms with E-state index in [1.807, 2.05) is 36.4 Å². The van der Waals surface area contributed by atoms with Crippen molar-refractivity contribution in [1.29, 1.82) is 0 Å². The maximum atomic E-state index is 12.0. The van der Waals surface area contributed by atoms with Crippen LogP contribution in [0.1, 0.15) is 31.2 Å². The van der Waals surface area contributed by atoms with Crippen LogP contribution in [0.15, 0.2) is 74.9 Å². The van der Waals surface area contributed by atoms with Gasteiger partial charge in [0.1, 0.15) is 17.1 Å². The summed E-state index contributed by atoms with van der Waals surface area (Å²) in [6.07, 6.45) is 4.18. The van der Waals surface area contributed by atoms with Gasteiger partial charge in [-0.1, -0.05) is 30.7 Å². The topological polar surface area (TPSA) is 51.8 Å². The Hall–Kier alpha value is -3.27. The van der Waals surface area contributed by atoms with E-state index in [4.69, 9.17) is 9.15 Å². The van der Waals surface area contributed by atoms with Gasteiger partial charge in [0.15, 0.2) is 5.43 Å². The number of benzene rings is 3. The number of aryl methyl sites for hydroxylation is 1. The highest BCUT2D eigenvalue weighted by Crippen LogP contribution is 2.41. The van der Waals surface area contributed by atoms with Crippen LogP contribution in [0.2, 0.25) is 0 Å². The fourth-order valence-electron chi connectivity index (χ4n) is 3.97. The molecule has 0 N–H and O–H groups in total. The van der Waals surface area contributed by atoms with E-state index < -0.39 is 0 Å². The third kappa shape index (κ3) is 4.96. The van der Waals surface area contributed by atoms with E-state index in [9.17, 15) is 4.79 Å². The van der Waals surface area contributed by atoms with Gasteiger partial charge in [-0.15, -0.1) is 0 Å². The highest BCUT2D eigenvalue weighted by atomic mass is 32.1. The van der Waals surface area contributed by atoms with Gasteiger partial charge in [-0.25, -0.2) is 4.99 Å². The largest absolute Gasteiger partial charge is 0.493 e. The van der Waals surface area contributed by atoms with Gasteiger partial charge >= 0.3 is 0 Å². The van der Waals surface area contributed by atoms with Crippen LogP contribution >= 0.6 is 12.2 Å². The summed E-state index contributed by atoms with van der Waals surface area (Å²) >= 11 is 4.57. The Morgan fingerprint density at radius 2 is 1.81 bits per heavy atom. The first-order valence-corrected chi connectivity index (χ1v) is 11.3. The number of fused-ring (bicyclic) bond motifs is 2. The zero-order chi connectivity index (χ0) is 22.3. The maximum absolute atomic E-state index is 12.0. The zero-order valence-corrected chi connectivity index (χ0v) is 18.9. The van der Waals surface area contributed by atoms with Crippen LogP contribution in [0.5, 0.6) is 5.75 Å². The molecule has 162 valence electrons. The van der Waals surface area contributed by atoms with Crippen LogP contribution in [0.3, 0.4) is 0 Å². The van der Waals surface area contributed by atoms with Crippen LogP contribution in [0, 0.1) is 6.92 Å². The predicted molar refractivity (Wildman–Crippen MR) is 133 cm³/mol. The van der Waals surface area contributed by atoms with E-state index in [2.05, 4.69) is 41.4 Å². The second kappa shape index (κ2) is 10.4. The summed E-state index contributed by atoms with van der Waals surface area (Å²) < 4.78 is 12.1. The van der Waals surface area contributed by atoms with Crippen molar-refractivity contribution >= 4 is 28.3 Å². The first-order valence-electron chi connectivity index (χ1n) is 10.9. The fraction of sp³-hybridized carbons (Fsp3) is 0.259. The van der Waals surface area contributed by atoms with E-state index in [1.54, 1.807) is 12.1 Å². The Morgan fingerprint density at radius 3 is 2.66 bits per heavy atom. The number of ether oxygens (including phenoxy) is 1. The molecule has 2 aliphatic rings. The quantitative estimate of drug-likeness (QED) is 0.122. The Morgan fingerprint density at radius 1 is 0.969 bits per heavy atom. The summed E-state index contributed by atoms with van der Waals surface area (Å²) in [7, 11) is 0. The molecule has 2 aromatic carbocycles. The van der Waals surface area contributed by atoms with Crippen LogP contribution in [-0.2, 0) is 0 Å². The number of aliphatic imine (C=N–C) groups is 1. The molecule has 0 bridgehead atoms. The van der Waals surface area contributed by atoms with E-state index in [1.165, 1.54) is 5.56 Å². The second-order valence-electron chi connectivity index (χ2n) is 7.84. The van der Waals surface area contributed by atoms with Crippen molar-refractivity contribution in [1.82, 2.24) is 0 Å². The summed E-state index contributed by atoms with van der Waals surface area (Å²) in [5.74, 6) is 1.35. The van der Waals surface area contributed by atoms with Crippen LogP contribution in [0.4, 0.5) is 0 Å². The lowest BCUT2D eigenvalue weighted by molar-refractivity contribution is 0.305. The van der Waals surface area contributed by atoms with Crippen molar-refractivity contribution in [3.63, 3.8) is 0 Å². The van der Waals surface area contributed by atoms with Crippen molar-refractivity contribution in [2.45, 2.75) is 32.6 Å². The van der Waals surface area contributed by atoms with Crippen LogP contribution in [0.25, 0.3) is 33.4 Å². The number of unbranched alkanes of at least 4 members (excludes halogenated alkanes) is 3. The van der Waals surface area contributed by atoms with Crippen molar-refractivity contribution in [2.75, 3.05) is 13.2 Å². The number of isothiocyanates is 1. The molecule has 5 heteroatoms. The smallest absolute Gasteiger partial charge is 0.182 e. The first kappa shape index (κ1) is 21.9. The summed E-state index contributed by atoms with van der Waals surface area (Å²) in [4.78, 5) is 15.9. The maximum Gasteiger partial charge on any atom is 0.182 e. The minimum absolute atomic E-state index is 0.0694. The van der Waals surface area contributed by atoms with Gasteiger partial charge in [0, 0.05) is 35.2 Å². The van der Waals surface area contributed by atoms with Crippen molar-refractivity contribution < 1.29 is 9.15 Å². The molecule has 1 aliphatic heterocycles. The normalized spacial score (nSPS) is 10.9. The lowest BCUT2D eigenvalue weighted by Gasteiger charge is -2.17. The second-order valence-corrected chi connectivity index (χ2v) is 8.03. The Balaban J connectivity index is 1.62. The van der Waals surface area contributed by atoms with Crippen LogP contribution in [-0.4, -0.2) is 18.3 Å². The highest BCUT2D eigenvalue weighted by Gasteiger charge is 2.18. The number of nitrogens with zero attached hydrogens (tertiary/aromatic N) is 1. The van der Waals surface area contributed by atoms with E-state index in [-0.39, 0.29) is 5.43 Å². The molecule has 1 aliphatic carbocycles. The van der Waals surface area contributed by atoms with Gasteiger partial charge in [0.25, 0.3) is 0 Å². The lowest BCUT2D eigenvalue weighted by atomic mass is 9.91. The number of thiocarbonyl (C=S) groups is 1. The Bertz CT molecular complexity index is 1300. The molecule has 0 unspecified atom stereocenters. The number of hydrogen-bond donors (Lipinski definition) is 0. The zero-order valence-electron chi connectivity index (χ0n) is 18.1. The van der Waals surface area contributed by atoms with Crippen molar-refractivity contribution in [3.8, 4) is 28.2 Å². The molecular weight excluding hydrogens is 418 g/mol. The molecule has 0 amide bonds. The van der Waals surface area contributed by atoms with Gasteiger partial charge in [-0.05, 0) is 73.8 Å². The third-order valence-corrected chi connectivity index (χ3v) is 5.71. The molecule has 4 rings (SSSR count). The van der Waals surface area contributed by atoms with Gasteiger partial charge < -0.3 is 9.15 Å². The summed E-state index contributed by atoms with van der Waals surface area (Å²) in [5, 5.41) is 3.39. The molecule has 0 aromatic heterocycles. The van der Waals surface area contributed by atoms with Crippen molar-refractivity contribution in [3.05, 3.63) is 76.5 Å². The van der Waals surface area contributed by atoms with E-state index in [0.717, 1.165) is 60.1 Å². The molecule has 0 atom stereocenters. The van der Waals surface area contributed by atoms with Crippen LogP contribution < -0.4 is 10.2 Å². The molecule has 32 heavy (non-hydrogen) atoms. The summed E-state index contributed by atoms with van der Waals surface area (Å²) in [6.45, 7) is 3.49. The Labute approximate surface area is 192 Å². The minimum Gasteiger partial charge on any atom is -0.493 e. The fourth-order valence-corrected chi connectivity index (χ4v) is 4.06. The monoisotopic (exact) mass is 443 g/mol. The lowest BCUT2D eigenvalue weighted by Crippen LogP contribution is -2.01. The SMILES string of the molecule is Cc1ccccc1-c1c2ccc(=O)cc-2oc2cc(OCCCCCCN=C=S)ccc12. The molecule has 0 spiro atoms. The third-order valence-electron chi connectivity index (χ3n) is 5.58. The minimum atomic E-state index is -0.0694. The molecule has 2 aromatic rings. The average Bonchev–Trinajstić information content (AvgIpc) is 2.79. The van der Waals surface area contributed by atoms with E-state index >= 15 is 0 Å². The molecule has 1 heterocycles. The van der Waals surface area contributed by atoms with E-state index in [0.29, 0.717) is 18.0 Å². The predicted octanol–water partition coefficient (Wildman–Crippen LogP) is 6.92. The first-order chi connectivity index (χ1) is 15.7. The molecule has 4 nitrogen and oxygen atoms in total. The number of hydrogen-bond acceptors (Lipinski definition) is 5. The van der Waals surface area contributed by atoms with Gasteiger partial charge in [-0.3, -0.25) is 4.79 Å². The molecule has 0 fully saturated rings. The molecular formula is C27H25NO3S. The van der Waals surface area contributed by atoms with Gasteiger partial charge in [-0.2, -0.15) is 0 Å². The number of rotatable bonds is 9. The Kier molecular flexibility index (Phi) is 7.10. The molecule has 0 saturated heterocycles. The average molecular weight is 444 g/mol. The summed E-state index contributed by atoms with van der Waals surface area (Å²) in [5.41, 5.74) is 4.94. The van der Waals surface area contributed by atoms with Gasteiger partial charge in [0.2, 0.25) is 0 Å². The molecule has 0 saturated carbocycles. The highest BCUT2D eigenvalue weighted by molar-refractivity contribution is 7.78. The van der Waals surface area contributed by atoms with Gasteiger partial charge in [0.05, 0.1) is 11.8 Å². The van der Waals surface area contributed by atoms with Crippen molar-refractivity contribution in [2.24, 2.45) is 4.99 Å².